The van der Waals surface area contributed by atoms with E-state index >= 15 is 0 Å². The fourth-order valence-corrected chi connectivity index (χ4v) is 2.30. The molecule has 1 atom stereocenters. The van der Waals surface area contributed by atoms with Crippen LogP contribution in [0.1, 0.15) is 19.8 Å². The van der Waals surface area contributed by atoms with Gasteiger partial charge in [-0.05, 0) is 35.7 Å². The highest BCUT2D eigenvalue weighted by Crippen LogP contribution is 2.29. The predicted molar refractivity (Wildman–Crippen MR) is 69.6 cm³/mol. The lowest BCUT2D eigenvalue weighted by atomic mass is 10.0. The van der Waals surface area contributed by atoms with E-state index in [0.717, 1.165) is 23.9 Å². The maximum atomic E-state index is 5.70. The first-order valence-corrected chi connectivity index (χ1v) is 6.29. The molecule has 0 bridgehead atoms. The molecule has 2 rings (SSSR count). The number of nitrogens with zero attached hydrogens (tertiary/aromatic N) is 2. The summed E-state index contributed by atoms with van der Waals surface area (Å²) in [6.45, 7) is 3.65. The molecule has 0 spiro atoms. The number of hydrogen-bond acceptors (Lipinski definition) is 6. The summed E-state index contributed by atoms with van der Waals surface area (Å²) >= 11 is 3.40. The van der Waals surface area contributed by atoms with Crippen LogP contribution in [0.4, 0.5) is 11.6 Å². The molecule has 0 amide bonds. The van der Waals surface area contributed by atoms with Gasteiger partial charge in [0.25, 0.3) is 0 Å². The molecule has 1 aliphatic rings. The molecule has 1 aromatic rings. The van der Waals surface area contributed by atoms with Crippen LogP contribution in [-0.2, 0) is 4.74 Å². The minimum absolute atomic E-state index is 0.110. The minimum atomic E-state index is -0.110. The molecule has 0 saturated carbocycles. The SMILES string of the molecule is CC1(CNc2ncnc(NN)c2Br)CCCO1. The van der Waals surface area contributed by atoms with Crippen molar-refractivity contribution in [3.8, 4) is 0 Å². The van der Waals surface area contributed by atoms with Gasteiger partial charge in [-0.2, -0.15) is 0 Å². The van der Waals surface area contributed by atoms with E-state index in [-0.39, 0.29) is 5.60 Å². The zero-order chi connectivity index (χ0) is 12.3. The topological polar surface area (TPSA) is 85.1 Å². The molecule has 6 nitrogen and oxygen atoms in total. The second-order valence-corrected chi connectivity index (χ2v) is 5.08. The Labute approximate surface area is 108 Å². The van der Waals surface area contributed by atoms with E-state index in [0.29, 0.717) is 18.2 Å². The standard InChI is InChI=1S/C10H16BrN5O/c1-10(3-2-4-17-10)5-13-8-7(11)9(16-12)15-6-14-8/h6H,2-5,12H2,1H3,(H2,13,14,15,16). The normalized spacial score (nSPS) is 23.7. The number of halogens is 1. The Morgan fingerprint density at radius 1 is 1.53 bits per heavy atom. The van der Waals surface area contributed by atoms with Gasteiger partial charge in [0, 0.05) is 13.2 Å². The summed E-state index contributed by atoms with van der Waals surface area (Å²) in [5.74, 6) is 6.61. The van der Waals surface area contributed by atoms with Crippen LogP contribution in [0.15, 0.2) is 10.8 Å². The van der Waals surface area contributed by atoms with Gasteiger partial charge in [0.05, 0.1) is 5.60 Å². The number of hydrazine groups is 1. The van der Waals surface area contributed by atoms with Crippen molar-refractivity contribution in [2.45, 2.75) is 25.4 Å². The smallest absolute Gasteiger partial charge is 0.159 e. The number of aromatic nitrogens is 2. The highest BCUT2D eigenvalue weighted by molar-refractivity contribution is 9.10. The van der Waals surface area contributed by atoms with E-state index < -0.39 is 0 Å². The Balaban J connectivity index is 2.03. The number of ether oxygens (including phenoxy) is 1. The molecule has 7 heteroatoms. The number of nitrogens with two attached hydrogens (primary N) is 1. The molecule has 17 heavy (non-hydrogen) atoms. The van der Waals surface area contributed by atoms with Gasteiger partial charge in [-0.1, -0.05) is 0 Å². The Bertz CT molecular complexity index is 394. The van der Waals surface area contributed by atoms with Gasteiger partial charge < -0.3 is 15.5 Å². The highest BCUT2D eigenvalue weighted by Gasteiger charge is 2.29. The molecular weight excluding hydrogens is 286 g/mol. The molecule has 0 radical (unpaired) electrons. The summed E-state index contributed by atoms with van der Waals surface area (Å²) in [5, 5.41) is 3.25. The molecule has 1 aliphatic heterocycles. The quantitative estimate of drug-likeness (QED) is 0.577. The van der Waals surface area contributed by atoms with Crippen LogP contribution in [0.3, 0.4) is 0 Å². The first kappa shape index (κ1) is 12.5. The van der Waals surface area contributed by atoms with E-state index in [2.05, 4.69) is 43.6 Å². The zero-order valence-corrected chi connectivity index (χ0v) is 11.2. The zero-order valence-electron chi connectivity index (χ0n) is 9.66. The number of nitrogen functional groups attached to an aromatic ring is 1. The van der Waals surface area contributed by atoms with E-state index in [4.69, 9.17) is 10.6 Å². The van der Waals surface area contributed by atoms with Crippen molar-refractivity contribution >= 4 is 27.6 Å². The Kier molecular flexibility index (Phi) is 3.80. The fourth-order valence-electron chi connectivity index (χ4n) is 1.84. The van der Waals surface area contributed by atoms with Crippen LogP contribution in [0.5, 0.6) is 0 Å². The summed E-state index contributed by atoms with van der Waals surface area (Å²) in [5.41, 5.74) is 2.39. The third-order valence-electron chi connectivity index (χ3n) is 2.86. The lowest BCUT2D eigenvalue weighted by Gasteiger charge is -2.24. The molecular formula is C10H16BrN5O. The summed E-state index contributed by atoms with van der Waals surface area (Å²) in [4.78, 5) is 8.15. The Hall–Kier alpha value is -0.920. The number of nitrogens with one attached hydrogen (secondary N) is 2. The molecule has 0 aromatic carbocycles. The van der Waals surface area contributed by atoms with Gasteiger partial charge in [-0.15, -0.1) is 0 Å². The van der Waals surface area contributed by atoms with Crippen molar-refractivity contribution in [2.75, 3.05) is 23.9 Å². The van der Waals surface area contributed by atoms with E-state index in [1.165, 1.54) is 6.33 Å². The Morgan fingerprint density at radius 2 is 2.29 bits per heavy atom. The maximum absolute atomic E-state index is 5.70. The molecule has 94 valence electrons. The van der Waals surface area contributed by atoms with Gasteiger partial charge in [0.1, 0.15) is 16.6 Å². The number of anilines is 2. The van der Waals surface area contributed by atoms with E-state index in [1.54, 1.807) is 0 Å². The first-order chi connectivity index (χ1) is 8.14. The summed E-state index contributed by atoms with van der Waals surface area (Å²) in [6, 6.07) is 0. The van der Waals surface area contributed by atoms with Crippen LogP contribution in [0.2, 0.25) is 0 Å². The van der Waals surface area contributed by atoms with Crippen molar-refractivity contribution in [2.24, 2.45) is 5.84 Å². The molecule has 1 aromatic heterocycles. The largest absolute Gasteiger partial charge is 0.373 e. The van der Waals surface area contributed by atoms with Crippen molar-refractivity contribution in [1.82, 2.24) is 9.97 Å². The van der Waals surface area contributed by atoms with E-state index in [9.17, 15) is 0 Å². The Morgan fingerprint density at radius 3 is 2.94 bits per heavy atom. The average Bonchev–Trinajstić information content (AvgIpc) is 2.75. The molecule has 2 heterocycles. The van der Waals surface area contributed by atoms with Crippen molar-refractivity contribution < 1.29 is 4.74 Å². The third kappa shape index (κ3) is 2.85. The summed E-state index contributed by atoms with van der Waals surface area (Å²) in [7, 11) is 0. The lowest BCUT2D eigenvalue weighted by Crippen LogP contribution is -2.33. The predicted octanol–water partition coefficient (Wildman–Crippen LogP) is 1.51. The van der Waals surface area contributed by atoms with Gasteiger partial charge >= 0.3 is 0 Å². The summed E-state index contributed by atoms with van der Waals surface area (Å²) < 4.78 is 6.42. The fraction of sp³-hybridized carbons (Fsp3) is 0.600. The molecule has 1 saturated heterocycles. The molecule has 0 aliphatic carbocycles. The number of rotatable bonds is 4. The average molecular weight is 302 g/mol. The van der Waals surface area contributed by atoms with Crippen LogP contribution < -0.4 is 16.6 Å². The first-order valence-electron chi connectivity index (χ1n) is 5.49. The van der Waals surface area contributed by atoms with Crippen molar-refractivity contribution in [1.29, 1.82) is 0 Å². The summed E-state index contributed by atoms with van der Waals surface area (Å²) in [6.07, 6.45) is 3.63. The monoisotopic (exact) mass is 301 g/mol. The van der Waals surface area contributed by atoms with Crippen LogP contribution in [0, 0.1) is 0 Å². The van der Waals surface area contributed by atoms with Crippen molar-refractivity contribution in [3.05, 3.63) is 10.8 Å². The second-order valence-electron chi connectivity index (χ2n) is 4.28. The minimum Gasteiger partial charge on any atom is -0.373 e. The van der Waals surface area contributed by atoms with E-state index in [1.807, 2.05) is 0 Å². The van der Waals surface area contributed by atoms with Crippen LogP contribution >= 0.6 is 15.9 Å². The maximum Gasteiger partial charge on any atom is 0.159 e. The molecule has 1 fully saturated rings. The van der Waals surface area contributed by atoms with Crippen LogP contribution in [0.25, 0.3) is 0 Å². The molecule has 1 unspecified atom stereocenters. The van der Waals surface area contributed by atoms with Gasteiger partial charge in [0.2, 0.25) is 0 Å². The van der Waals surface area contributed by atoms with Gasteiger partial charge in [0.15, 0.2) is 5.82 Å². The lowest BCUT2D eigenvalue weighted by molar-refractivity contribution is 0.0314. The van der Waals surface area contributed by atoms with Gasteiger partial charge in [-0.3, -0.25) is 0 Å². The third-order valence-corrected chi connectivity index (χ3v) is 3.61. The second kappa shape index (κ2) is 5.16. The van der Waals surface area contributed by atoms with Crippen LogP contribution in [-0.4, -0.2) is 28.7 Å². The van der Waals surface area contributed by atoms with Crippen molar-refractivity contribution in [3.63, 3.8) is 0 Å². The number of hydrogen-bond donors (Lipinski definition) is 3. The van der Waals surface area contributed by atoms with Gasteiger partial charge in [-0.25, -0.2) is 15.8 Å². The molecule has 4 N–H and O–H groups in total. The highest BCUT2D eigenvalue weighted by atomic mass is 79.9.